The fraction of sp³-hybridized carbons (Fsp3) is 0.958. The first kappa shape index (κ1) is 50.6. The summed E-state index contributed by atoms with van der Waals surface area (Å²) in [6, 6.07) is 0.0266. The maximum absolute atomic E-state index is 13.2. The molecule has 1 aliphatic rings. The molecular formula is C48H94N2O4. The highest BCUT2D eigenvalue weighted by Crippen LogP contribution is 2.45. The number of ether oxygens (including phenoxy) is 2. The lowest BCUT2D eigenvalue weighted by atomic mass is 9.62. The highest BCUT2D eigenvalue weighted by molar-refractivity contribution is 5.68. The highest BCUT2D eigenvalue weighted by atomic mass is 16.6. The molecule has 2 unspecified atom stereocenters. The minimum atomic E-state index is -0.291. The van der Waals surface area contributed by atoms with Crippen LogP contribution in [0.1, 0.15) is 248 Å². The fourth-order valence-electron chi connectivity index (χ4n) is 9.28. The predicted molar refractivity (Wildman–Crippen MR) is 232 cm³/mol. The molecule has 0 spiro atoms. The van der Waals surface area contributed by atoms with Crippen molar-refractivity contribution < 1.29 is 19.1 Å². The van der Waals surface area contributed by atoms with Crippen LogP contribution in [-0.4, -0.2) is 38.0 Å². The molecule has 1 fully saturated rings. The van der Waals surface area contributed by atoms with Gasteiger partial charge in [0, 0.05) is 12.6 Å². The highest BCUT2D eigenvalue weighted by Gasteiger charge is 2.42. The molecule has 0 heterocycles. The fourth-order valence-corrected chi connectivity index (χ4v) is 9.28. The van der Waals surface area contributed by atoms with E-state index in [1.165, 1.54) is 154 Å². The van der Waals surface area contributed by atoms with Gasteiger partial charge in [-0.25, -0.2) is 9.59 Å². The molecule has 0 saturated heterocycles. The van der Waals surface area contributed by atoms with Gasteiger partial charge in [0.05, 0.1) is 13.2 Å². The van der Waals surface area contributed by atoms with Gasteiger partial charge in [0.2, 0.25) is 0 Å². The normalized spacial score (nSPS) is 18.3. The number of unbranched alkanes of at least 4 members (excludes halogenated alkanes) is 20. The lowest BCUT2D eigenvalue weighted by Crippen LogP contribution is -2.50. The van der Waals surface area contributed by atoms with Gasteiger partial charge in [0.1, 0.15) is 0 Å². The lowest BCUT2D eigenvalue weighted by molar-refractivity contribution is 0.0582. The summed E-state index contributed by atoms with van der Waals surface area (Å²) in [6.07, 6.45) is 38.0. The van der Waals surface area contributed by atoms with Crippen LogP contribution >= 0.6 is 0 Å². The molecule has 0 radical (unpaired) electrons. The van der Waals surface area contributed by atoms with Crippen molar-refractivity contribution in [3.05, 3.63) is 0 Å². The number of carbonyl (C=O) groups is 2. The van der Waals surface area contributed by atoms with Crippen molar-refractivity contribution in [2.24, 2.45) is 22.7 Å². The average Bonchev–Trinajstić information content (AvgIpc) is 3.12. The molecule has 6 heteroatoms. The quantitative estimate of drug-likeness (QED) is 0.0630. The molecular weight excluding hydrogens is 669 g/mol. The van der Waals surface area contributed by atoms with E-state index in [1.807, 2.05) is 0 Å². The van der Waals surface area contributed by atoms with Crippen LogP contribution in [0.5, 0.6) is 0 Å². The maximum Gasteiger partial charge on any atom is 0.407 e. The van der Waals surface area contributed by atoms with Crippen LogP contribution in [0.4, 0.5) is 9.59 Å². The van der Waals surface area contributed by atoms with E-state index in [9.17, 15) is 9.59 Å². The molecule has 6 nitrogen and oxygen atoms in total. The first-order valence-corrected chi connectivity index (χ1v) is 23.9. The second-order valence-electron chi connectivity index (χ2n) is 18.9. The Labute approximate surface area is 337 Å². The van der Waals surface area contributed by atoms with Crippen molar-refractivity contribution in [1.29, 1.82) is 0 Å². The van der Waals surface area contributed by atoms with Crippen LogP contribution < -0.4 is 10.6 Å². The van der Waals surface area contributed by atoms with Gasteiger partial charge >= 0.3 is 12.2 Å². The van der Waals surface area contributed by atoms with Gasteiger partial charge in [0.25, 0.3) is 0 Å². The minimum Gasteiger partial charge on any atom is -0.449 e. The molecule has 0 aliphatic heterocycles. The van der Waals surface area contributed by atoms with Crippen LogP contribution in [0.3, 0.4) is 0 Å². The molecule has 1 saturated carbocycles. The topological polar surface area (TPSA) is 76.7 Å². The van der Waals surface area contributed by atoms with Crippen molar-refractivity contribution in [2.45, 2.75) is 254 Å². The van der Waals surface area contributed by atoms with Gasteiger partial charge in [-0.1, -0.05) is 203 Å². The summed E-state index contributed by atoms with van der Waals surface area (Å²) in [7, 11) is 0. The Hall–Kier alpha value is -1.46. The minimum absolute atomic E-state index is 0.0266. The Morgan fingerprint density at radius 3 is 1.26 bits per heavy atom. The second-order valence-corrected chi connectivity index (χ2v) is 18.9. The van der Waals surface area contributed by atoms with E-state index < -0.39 is 0 Å². The van der Waals surface area contributed by atoms with E-state index in [0.717, 1.165) is 44.9 Å². The summed E-state index contributed by atoms with van der Waals surface area (Å²) in [5, 5.41) is 6.41. The van der Waals surface area contributed by atoms with E-state index in [1.54, 1.807) is 0 Å². The average molecular weight is 763 g/mol. The zero-order valence-electron chi connectivity index (χ0n) is 37.4. The number of alkyl carbamates (subject to hydrolysis) is 2. The number of rotatable bonds is 35. The van der Waals surface area contributed by atoms with Gasteiger partial charge in [-0.2, -0.15) is 0 Å². The van der Waals surface area contributed by atoms with E-state index in [4.69, 9.17) is 9.47 Å². The summed E-state index contributed by atoms with van der Waals surface area (Å²) in [6.45, 7) is 17.5. The SMILES string of the molecule is CCCCCCCCC(CCCCCCCC)COC(=O)NCC1(C)CC(NC(=O)OCC(CCCCCCCC)CCCCCCCC)CC(C)(C)C1. The monoisotopic (exact) mass is 763 g/mol. The van der Waals surface area contributed by atoms with Crippen molar-refractivity contribution >= 4 is 12.2 Å². The number of amides is 2. The van der Waals surface area contributed by atoms with Crippen LogP contribution in [0.2, 0.25) is 0 Å². The van der Waals surface area contributed by atoms with Crippen LogP contribution in [0.15, 0.2) is 0 Å². The van der Waals surface area contributed by atoms with Crippen molar-refractivity contribution in [1.82, 2.24) is 10.6 Å². The summed E-state index contributed by atoms with van der Waals surface area (Å²) in [5.41, 5.74) is -0.0822. The smallest absolute Gasteiger partial charge is 0.407 e. The van der Waals surface area contributed by atoms with Gasteiger partial charge in [-0.3, -0.25) is 0 Å². The van der Waals surface area contributed by atoms with Crippen LogP contribution in [0, 0.1) is 22.7 Å². The standard InChI is InChI=1S/C48H94N2O4/c1-8-12-16-20-24-28-32-42(33-29-25-21-17-13-9-2)38-53-45(51)49-41-48(7)37-44(36-47(5,6)40-48)50-46(52)54-39-43(34-30-26-22-18-14-10-3)35-31-27-23-19-15-11-4/h42-44H,8-41H2,1-7H3,(H,49,51)(H,50,52). The molecule has 2 N–H and O–H groups in total. The first-order chi connectivity index (χ1) is 26.1. The van der Waals surface area contributed by atoms with Crippen LogP contribution in [0.25, 0.3) is 0 Å². The predicted octanol–water partition coefficient (Wildman–Crippen LogP) is 15.3. The summed E-state index contributed by atoms with van der Waals surface area (Å²) in [5.74, 6) is 0.903. The van der Waals surface area contributed by atoms with E-state index in [2.05, 4.69) is 59.1 Å². The van der Waals surface area contributed by atoms with E-state index in [-0.39, 0.29) is 29.1 Å². The molecule has 0 aromatic carbocycles. The number of hydrogen-bond acceptors (Lipinski definition) is 4. The molecule has 0 aromatic heterocycles. The molecule has 1 aliphatic carbocycles. The first-order valence-electron chi connectivity index (χ1n) is 23.9. The summed E-state index contributed by atoms with van der Waals surface area (Å²) < 4.78 is 11.8. The molecule has 320 valence electrons. The molecule has 1 rings (SSSR count). The molecule has 2 atom stereocenters. The van der Waals surface area contributed by atoms with Crippen molar-refractivity contribution in [3.8, 4) is 0 Å². The van der Waals surface area contributed by atoms with Crippen molar-refractivity contribution in [2.75, 3.05) is 19.8 Å². The Morgan fingerprint density at radius 1 is 0.519 bits per heavy atom. The van der Waals surface area contributed by atoms with Gasteiger partial charge < -0.3 is 20.1 Å². The van der Waals surface area contributed by atoms with Gasteiger partial charge in [-0.05, 0) is 67.6 Å². The van der Waals surface area contributed by atoms with E-state index >= 15 is 0 Å². The molecule has 2 amide bonds. The zero-order valence-corrected chi connectivity index (χ0v) is 37.4. The third kappa shape index (κ3) is 28.0. The Kier molecular flexibility index (Phi) is 30.5. The zero-order chi connectivity index (χ0) is 39.8. The largest absolute Gasteiger partial charge is 0.449 e. The number of carbonyl (C=O) groups excluding carboxylic acids is 2. The third-order valence-corrected chi connectivity index (χ3v) is 12.2. The van der Waals surface area contributed by atoms with Gasteiger partial charge in [0.15, 0.2) is 0 Å². The lowest BCUT2D eigenvalue weighted by Gasteiger charge is -2.46. The summed E-state index contributed by atoms with van der Waals surface area (Å²) in [4.78, 5) is 26.3. The second kappa shape index (κ2) is 32.6. The molecule has 0 aromatic rings. The molecule has 54 heavy (non-hydrogen) atoms. The number of hydrogen-bond donors (Lipinski definition) is 2. The Morgan fingerprint density at radius 2 is 0.870 bits per heavy atom. The van der Waals surface area contributed by atoms with Crippen LogP contribution in [-0.2, 0) is 9.47 Å². The maximum atomic E-state index is 13.2. The van der Waals surface area contributed by atoms with Crippen molar-refractivity contribution in [3.63, 3.8) is 0 Å². The Balaban J connectivity index is 2.62. The molecule has 0 bridgehead atoms. The summed E-state index contributed by atoms with van der Waals surface area (Å²) >= 11 is 0. The van der Waals surface area contributed by atoms with Gasteiger partial charge in [-0.15, -0.1) is 0 Å². The number of nitrogens with one attached hydrogen (secondary N) is 2. The van der Waals surface area contributed by atoms with E-state index in [0.29, 0.717) is 31.6 Å². The Bertz CT molecular complexity index is 862. The third-order valence-electron chi connectivity index (χ3n) is 12.2.